The topological polar surface area (TPSA) is 23.8 Å². The molecule has 2 atom stereocenters. The lowest BCUT2D eigenvalue weighted by atomic mass is 9.74. The Hall–Kier alpha value is -1.43. The molecule has 1 aliphatic carbocycles. The fourth-order valence-electron chi connectivity index (χ4n) is 3.37. The predicted molar refractivity (Wildman–Crippen MR) is 80.3 cm³/mol. The fraction of sp³-hybridized carbons (Fsp3) is 0.611. The first kappa shape index (κ1) is 15.9. The van der Waals surface area contributed by atoms with Crippen LogP contribution in [-0.2, 0) is 0 Å². The number of hydrogen-bond donors (Lipinski definition) is 0. The van der Waals surface area contributed by atoms with E-state index < -0.39 is 11.8 Å². The number of halogens is 2. The van der Waals surface area contributed by atoms with Gasteiger partial charge in [-0.05, 0) is 36.5 Å². The van der Waals surface area contributed by atoms with Gasteiger partial charge in [0.05, 0.1) is 11.6 Å². The summed E-state index contributed by atoms with van der Waals surface area (Å²) >= 11 is 0. The first-order chi connectivity index (χ1) is 10.1. The molecule has 0 saturated heterocycles. The van der Waals surface area contributed by atoms with Crippen LogP contribution in [0.4, 0.5) is 8.78 Å². The van der Waals surface area contributed by atoms with Crippen LogP contribution in [0, 0.1) is 17.2 Å². The van der Waals surface area contributed by atoms with Gasteiger partial charge in [0, 0.05) is 12.3 Å². The lowest BCUT2D eigenvalue weighted by Crippen LogP contribution is -2.34. The number of nitrogens with zero attached hydrogens (tertiary/aromatic N) is 1. The molecule has 2 rings (SSSR count). The summed E-state index contributed by atoms with van der Waals surface area (Å²) in [6, 6.07) is 8.68. The summed E-state index contributed by atoms with van der Waals surface area (Å²) in [7, 11) is 0. The normalized spacial score (nSPS) is 24.5. The molecule has 0 amide bonds. The van der Waals surface area contributed by atoms with Gasteiger partial charge >= 0.3 is 0 Å². The van der Waals surface area contributed by atoms with Crippen molar-refractivity contribution < 1.29 is 8.78 Å². The van der Waals surface area contributed by atoms with E-state index in [1.165, 1.54) is 0 Å². The molecule has 0 aromatic heterocycles. The second kappa shape index (κ2) is 7.02. The summed E-state index contributed by atoms with van der Waals surface area (Å²) in [6.45, 7) is 2.14. The second-order valence-corrected chi connectivity index (χ2v) is 6.19. The van der Waals surface area contributed by atoms with Crippen molar-refractivity contribution in [3.63, 3.8) is 0 Å². The van der Waals surface area contributed by atoms with E-state index in [-0.39, 0.29) is 12.3 Å². The third-order valence-electron chi connectivity index (χ3n) is 4.59. The van der Waals surface area contributed by atoms with Crippen LogP contribution in [0.1, 0.15) is 68.9 Å². The minimum Gasteiger partial charge on any atom is -0.206 e. The Kier molecular flexibility index (Phi) is 5.33. The quantitative estimate of drug-likeness (QED) is 0.642. The Bertz CT molecular complexity index is 487. The summed E-state index contributed by atoms with van der Waals surface area (Å²) in [5.74, 6) is -3.14. The van der Waals surface area contributed by atoms with Gasteiger partial charge in [-0.1, -0.05) is 44.7 Å². The van der Waals surface area contributed by atoms with Crippen LogP contribution in [0.15, 0.2) is 24.3 Å². The highest BCUT2D eigenvalue weighted by Gasteiger charge is 2.45. The predicted octanol–water partition coefficient (Wildman–Crippen LogP) is 5.66. The van der Waals surface area contributed by atoms with E-state index in [4.69, 9.17) is 5.26 Å². The van der Waals surface area contributed by atoms with Crippen LogP contribution in [0.5, 0.6) is 0 Å². The Balaban J connectivity index is 2.01. The number of unbranched alkanes of at least 4 members (excludes halogenated alkanes) is 2. The molecule has 1 aromatic carbocycles. The fourth-order valence-corrected chi connectivity index (χ4v) is 3.37. The molecule has 1 fully saturated rings. The summed E-state index contributed by atoms with van der Waals surface area (Å²) < 4.78 is 28.9. The van der Waals surface area contributed by atoms with Crippen LogP contribution < -0.4 is 0 Å². The molecule has 0 bridgehead atoms. The van der Waals surface area contributed by atoms with Crippen molar-refractivity contribution in [2.75, 3.05) is 0 Å². The lowest BCUT2D eigenvalue weighted by Gasteiger charge is -2.36. The molecule has 0 heterocycles. The van der Waals surface area contributed by atoms with Gasteiger partial charge in [0.25, 0.3) is 5.92 Å². The van der Waals surface area contributed by atoms with Gasteiger partial charge in [-0.15, -0.1) is 0 Å². The van der Waals surface area contributed by atoms with Gasteiger partial charge in [0.1, 0.15) is 0 Å². The van der Waals surface area contributed by atoms with Crippen molar-refractivity contribution in [2.45, 2.75) is 63.7 Å². The molecule has 0 unspecified atom stereocenters. The summed E-state index contributed by atoms with van der Waals surface area (Å²) in [6.07, 6.45) is 5.74. The maximum atomic E-state index is 14.4. The zero-order chi connectivity index (χ0) is 15.3. The van der Waals surface area contributed by atoms with Crippen LogP contribution in [0.25, 0.3) is 0 Å². The van der Waals surface area contributed by atoms with E-state index >= 15 is 0 Å². The zero-order valence-electron chi connectivity index (χ0n) is 12.6. The lowest BCUT2D eigenvalue weighted by molar-refractivity contribution is -0.0737. The molecular formula is C18H23F2N. The molecule has 3 heteroatoms. The van der Waals surface area contributed by atoms with Gasteiger partial charge < -0.3 is 0 Å². The van der Waals surface area contributed by atoms with E-state index in [0.29, 0.717) is 17.5 Å². The molecule has 1 nitrogen and oxygen atoms in total. The van der Waals surface area contributed by atoms with E-state index in [1.54, 1.807) is 24.3 Å². The SMILES string of the molecule is CCCCC[C@@H]1CC[C@@H](c2ccc(C#N)cc2)C(F)(F)C1. The monoisotopic (exact) mass is 291 g/mol. The molecule has 114 valence electrons. The highest BCUT2D eigenvalue weighted by atomic mass is 19.3. The van der Waals surface area contributed by atoms with Gasteiger partial charge in [-0.2, -0.15) is 5.26 Å². The minimum absolute atomic E-state index is 0.0153. The number of alkyl halides is 2. The van der Waals surface area contributed by atoms with Crippen molar-refractivity contribution in [3.05, 3.63) is 35.4 Å². The molecule has 1 aliphatic rings. The Morgan fingerprint density at radius 3 is 2.48 bits per heavy atom. The van der Waals surface area contributed by atoms with E-state index in [0.717, 1.165) is 32.1 Å². The average molecular weight is 291 g/mol. The zero-order valence-corrected chi connectivity index (χ0v) is 12.6. The number of hydrogen-bond acceptors (Lipinski definition) is 1. The first-order valence-electron chi connectivity index (χ1n) is 7.94. The van der Waals surface area contributed by atoms with Crippen molar-refractivity contribution in [2.24, 2.45) is 5.92 Å². The number of nitriles is 1. The molecule has 0 N–H and O–H groups in total. The Morgan fingerprint density at radius 2 is 1.90 bits per heavy atom. The van der Waals surface area contributed by atoms with Gasteiger partial charge in [-0.3, -0.25) is 0 Å². The Labute approximate surface area is 126 Å². The van der Waals surface area contributed by atoms with Crippen molar-refractivity contribution in [1.29, 1.82) is 5.26 Å². The van der Waals surface area contributed by atoms with Crippen molar-refractivity contribution in [1.82, 2.24) is 0 Å². The molecule has 1 aromatic rings. The molecule has 0 spiro atoms. The third-order valence-corrected chi connectivity index (χ3v) is 4.59. The highest BCUT2D eigenvalue weighted by molar-refractivity contribution is 5.34. The standard InChI is InChI=1S/C18H23F2N/c1-2-3-4-5-14-8-11-17(18(19,20)12-14)16-9-6-15(13-21)7-10-16/h6-7,9-10,14,17H,2-5,8,11-12H2,1H3/t14-,17+/m1/s1. The summed E-state index contributed by atoms with van der Waals surface area (Å²) in [5, 5.41) is 8.78. The van der Waals surface area contributed by atoms with E-state index in [9.17, 15) is 8.78 Å². The first-order valence-corrected chi connectivity index (χ1v) is 7.94. The second-order valence-electron chi connectivity index (χ2n) is 6.19. The number of benzene rings is 1. The molecule has 0 radical (unpaired) electrons. The molecule has 21 heavy (non-hydrogen) atoms. The van der Waals surface area contributed by atoms with Crippen LogP contribution >= 0.6 is 0 Å². The van der Waals surface area contributed by atoms with E-state index in [2.05, 4.69) is 6.92 Å². The maximum absolute atomic E-state index is 14.4. The Morgan fingerprint density at radius 1 is 1.19 bits per heavy atom. The van der Waals surface area contributed by atoms with Gasteiger partial charge in [0.15, 0.2) is 0 Å². The van der Waals surface area contributed by atoms with E-state index in [1.807, 2.05) is 6.07 Å². The summed E-state index contributed by atoms with van der Waals surface area (Å²) in [5.41, 5.74) is 1.20. The number of rotatable bonds is 5. The van der Waals surface area contributed by atoms with Gasteiger partial charge in [0.2, 0.25) is 0 Å². The van der Waals surface area contributed by atoms with Crippen LogP contribution in [0.3, 0.4) is 0 Å². The maximum Gasteiger partial charge on any atom is 0.255 e. The van der Waals surface area contributed by atoms with Crippen molar-refractivity contribution in [3.8, 4) is 6.07 Å². The molecular weight excluding hydrogens is 268 g/mol. The molecule has 0 aliphatic heterocycles. The minimum atomic E-state index is -2.62. The van der Waals surface area contributed by atoms with Gasteiger partial charge in [-0.25, -0.2) is 8.78 Å². The van der Waals surface area contributed by atoms with Crippen LogP contribution in [0.2, 0.25) is 0 Å². The smallest absolute Gasteiger partial charge is 0.206 e. The average Bonchev–Trinajstić information content (AvgIpc) is 2.47. The summed E-state index contributed by atoms with van der Waals surface area (Å²) in [4.78, 5) is 0. The highest BCUT2D eigenvalue weighted by Crippen LogP contribution is 2.48. The van der Waals surface area contributed by atoms with Crippen LogP contribution in [-0.4, -0.2) is 5.92 Å². The van der Waals surface area contributed by atoms with Crippen molar-refractivity contribution >= 4 is 0 Å². The largest absolute Gasteiger partial charge is 0.255 e. The molecule has 1 saturated carbocycles. The third kappa shape index (κ3) is 4.03.